The standard InChI is InChI=1S/C23H21F4N3O3/c1-2-29(22(33)13-3-4-13)10-14-7-16(24)9-28-21(14)18-11-30(12-20(31)32)19-6-5-15(8-17(18)19)23(25,26)27/h5-9,11,13H,2-4,10,12H2,1H3,(H,31,32). The van der Waals surface area contributed by atoms with Crippen LogP contribution in [-0.4, -0.2) is 38.0 Å². The molecule has 1 saturated carbocycles. The topological polar surface area (TPSA) is 75.4 Å². The van der Waals surface area contributed by atoms with E-state index in [1.807, 2.05) is 0 Å². The van der Waals surface area contributed by atoms with E-state index in [9.17, 15) is 32.3 Å². The number of hydrogen-bond acceptors (Lipinski definition) is 3. The Morgan fingerprint density at radius 1 is 1.24 bits per heavy atom. The van der Waals surface area contributed by atoms with Crippen molar-refractivity contribution >= 4 is 22.8 Å². The van der Waals surface area contributed by atoms with E-state index in [4.69, 9.17) is 0 Å². The molecule has 1 aromatic carbocycles. The number of rotatable bonds is 7. The highest BCUT2D eigenvalue weighted by Crippen LogP contribution is 2.38. The number of aromatic nitrogens is 2. The van der Waals surface area contributed by atoms with Crippen LogP contribution in [0.15, 0.2) is 36.7 Å². The number of fused-ring (bicyclic) bond motifs is 1. The third-order valence-corrected chi connectivity index (χ3v) is 5.68. The molecule has 0 radical (unpaired) electrons. The van der Waals surface area contributed by atoms with Gasteiger partial charge >= 0.3 is 12.1 Å². The van der Waals surface area contributed by atoms with E-state index in [0.717, 1.165) is 31.2 Å². The van der Waals surface area contributed by atoms with Gasteiger partial charge in [-0.05, 0) is 44.0 Å². The fraction of sp³-hybridized carbons (Fsp3) is 0.348. The van der Waals surface area contributed by atoms with Gasteiger partial charge in [0.1, 0.15) is 12.4 Å². The summed E-state index contributed by atoms with van der Waals surface area (Å²) < 4.78 is 55.5. The second-order valence-corrected chi connectivity index (χ2v) is 8.08. The summed E-state index contributed by atoms with van der Waals surface area (Å²) in [6.07, 6.45) is -0.651. The van der Waals surface area contributed by atoms with Crippen LogP contribution < -0.4 is 0 Å². The SMILES string of the molecule is CCN(Cc1cc(F)cnc1-c1cn(CC(=O)O)c2ccc(C(F)(F)F)cc12)C(=O)C1CC1. The molecule has 0 bridgehead atoms. The summed E-state index contributed by atoms with van der Waals surface area (Å²) in [6.45, 7) is 1.74. The number of carboxylic acid groups (broad SMARTS) is 1. The first kappa shape index (κ1) is 22.8. The van der Waals surface area contributed by atoms with Crippen molar-refractivity contribution < 1.29 is 32.3 Å². The molecule has 1 fully saturated rings. The molecule has 0 aliphatic heterocycles. The van der Waals surface area contributed by atoms with Gasteiger partial charge in [-0.2, -0.15) is 13.2 Å². The first-order valence-electron chi connectivity index (χ1n) is 10.4. The van der Waals surface area contributed by atoms with Crippen LogP contribution >= 0.6 is 0 Å². The Bertz CT molecular complexity index is 1230. The maximum Gasteiger partial charge on any atom is 0.416 e. The number of pyridine rings is 1. The molecule has 10 heteroatoms. The first-order valence-corrected chi connectivity index (χ1v) is 10.4. The van der Waals surface area contributed by atoms with Gasteiger partial charge in [0.05, 0.1) is 17.5 Å². The van der Waals surface area contributed by atoms with Gasteiger partial charge in [0.25, 0.3) is 0 Å². The number of aliphatic carboxylic acids is 1. The number of benzene rings is 1. The Labute approximate surface area is 186 Å². The summed E-state index contributed by atoms with van der Waals surface area (Å²) in [4.78, 5) is 29.6. The highest BCUT2D eigenvalue weighted by molar-refractivity contribution is 5.97. The lowest BCUT2D eigenvalue weighted by atomic mass is 10.0. The van der Waals surface area contributed by atoms with Gasteiger partial charge in [0, 0.05) is 47.2 Å². The minimum atomic E-state index is -4.60. The largest absolute Gasteiger partial charge is 0.480 e. The Morgan fingerprint density at radius 2 is 1.97 bits per heavy atom. The third kappa shape index (κ3) is 4.69. The molecule has 0 atom stereocenters. The van der Waals surface area contributed by atoms with E-state index >= 15 is 0 Å². The van der Waals surface area contributed by atoms with Crippen LogP contribution in [0.5, 0.6) is 0 Å². The van der Waals surface area contributed by atoms with Gasteiger partial charge in [-0.1, -0.05) is 0 Å². The van der Waals surface area contributed by atoms with Crippen LogP contribution in [0.2, 0.25) is 0 Å². The van der Waals surface area contributed by atoms with Crippen molar-refractivity contribution in [1.29, 1.82) is 0 Å². The number of amides is 1. The molecule has 1 N–H and O–H groups in total. The number of carbonyl (C=O) groups excluding carboxylic acids is 1. The lowest BCUT2D eigenvalue weighted by molar-refractivity contribution is -0.138. The molecule has 2 aromatic heterocycles. The summed E-state index contributed by atoms with van der Waals surface area (Å²) in [5.74, 6) is -1.92. The van der Waals surface area contributed by atoms with Crippen LogP contribution in [0.25, 0.3) is 22.2 Å². The molecule has 2 heterocycles. The van der Waals surface area contributed by atoms with Crippen LogP contribution in [-0.2, 0) is 28.9 Å². The van der Waals surface area contributed by atoms with Gasteiger partial charge in [0.2, 0.25) is 5.91 Å². The van der Waals surface area contributed by atoms with Gasteiger partial charge in [-0.15, -0.1) is 0 Å². The summed E-state index contributed by atoms with van der Waals surface area (Å²) in [6, 6.07) is 4.24. The highest BCUT2D eigenvalue weighted by atomic mass is 19.4. The molecule has 3 aromatic rings. The molecule has 1 amide bonds. The zero-order valence-electron chi connectivity index (χ0n) is 17.7. The van der Waals surface area contributed by atoms with Crippen molar-refractivity contribution in [2.75, 3.05) is 6.54 Å². The first-order chi connectivity index (χ1) is 15.6. The molecule has 33 heavy (non-hydrogen) atoms. The fourth-order valence-corrected chi connectivity index (χ4v) is 3.92. The summed E-state index contributed by atoms with van der Waals surface area (Å²) in [5.41, 5.74) is 0.151. The average Bonchev–Trinajstić information content (AvgIpc) is 3.54. The minimum Gasteiger partial charge on any atom is -0.480 e. The minimum absolute atomic E-state index is 0.0382. The number of carbonyl (C=O) groups is 2. The Balaban J connectivity index is 1.87. The summed E-state index contributed by atoms with van der Waals surface area (Å²) in [7, 11) is 0. The molecular weight excluding hydrogens is 442 g/mol. The highest BCUT2D eigenvalue weighted by Gasteiger charge is 2.34. The molecule has 0 spiro atoms. The molecule has 174 valence electrons. The number of alkyl halides is 3. The number of hydrogen-bond donors (Lipinski definition) is 1. The van der Waals surface area contributed by atoms with Crippen LogP contribution in [0.3, 0.4) is 0 Å². The second-order valence-electron chi connectivity index (χ2n) is 8.08. The van der Waals surface area contributed by atoms with Crippen molar-refractivity contribution in [3.8, 4) is 11.3 Å². The molecular formula is C23H21F4N3O3. The van der Waals surface area contributed by atoms with Crippen LogP contribution in [0, 0.1) is 11.7 Å². The normalized spacial score (nSPS) is 14.0. The third-order valence-electron chi connectivity index (χ3n) is 5.68. The molecule has 1 aliphatic rings. The number of nitrogens with zero attached hydrogens (tertiary/aromatic N) is 3. The fourth-order valence-electron chi connectivity index (χ4n) is 3.92. The van der Waals surface area contributed by atoms with Gasteiger partial charge in [-0.25, -0.2) is 4.39 Å². The van der Waals surface area contributed by atoms with Crippen LogP contribution in [0.1, 0.15) is 30.9 Å². The predicted octanol–water partition coefficient (Wildman–Crippen LogP) is 4.70. The lowest BCUT2D eigenvalue weighted by Gasteiger charge is -2.22. The number of carboxylic acids is 1. The Kier molecular flexibility index (Phi) is 5.85. The van der Waals surface area contributed by atoms with Crippen LogP contribution in [0.4, 0.5) is 17.6 Å². The van der Waals surface area contributed by atoms with Gasteiger partial charge in [0.15, 0.2) is 0 Å². The average molecular weight is 463 g/mol. The summed E-state index contributed by atoms with van der Waals surface area (Å²) in [5, 5.41) is 9.38. The van der Waals surface area contributed by atoms with E-state index in [2.05, 4.69) is 4.98 Å². The van der Waals surface area contributed by atoms with E-state index in [0.29, 0.717) is 12.1 Å². The zero-order chi connectivity index (χ0) is 23.9. The monoisotopic (exact) mass is 463 g/mol. The van der Waals surface area contributed by atoms with E-state index < -0.39 is 30.1 Å². The Hall–Kier alpha value is -3.43. The number of halogens is 4. The molecule has 0 saturated heterocycles. The van der Waals surface area contributed by atoms with Crippen molar-refractivity contribution in [2.24, 2.45) is 5.92 Å². The van der Waals surface area contributed by atoms with Crippen molar-refractivity contribution in [3.63, 3.8) is 0 Å². The Morgan fingerprint density at radius 3 is 2.58 bits per heavy atom. The summed E-state index contributed by atoms with van der Waals surface area (Å²) >= 11 is 0. The maximum atomic E-state index is 14.1. The van der Waals surface area contributed by atoms with Gasteiger partial charge in [-0.3, -0.25) is 14.6 Å². The van der Waals surface area contributed by atoms with Crippen molar-refractivity contribution in [2.45, 2.75) is 39.0 Å². The van der Waals surface area contributed by atoms with Gasteiger partial charge < -0.3 is 14.6 Å². The quantitative estimate of drug-likeness (QED) is 0.516. The van der Waals surface area contributed by atoms with E-state index in [-0.39, 0.29) is 40.5 Å². The zero-order valence-corrected chi connectivity index (χ0v) is 17.7. The maximum absolute atomic E-state index is 14.1. The molecule has 1 aliphatic carbocycles. The smallest absolute Gasteiger partial charge is 0.416 e. The van der Waals surface area contributed by atoms with Crippen molar-refractivity contribution in [3.05, 3.63) is 53.6 Å². The second kappa shape index (κ2) is 8.49. The van der Waals surface area contributed by atoms with E-state index in [1.54, 1.807) is 11.8 Å². The molecule has 4 rings (SSSR count). The molecule has 6 nitrogen and oxygen atoms in total. The predicted molar refractivity (Wildman–Crippen MR) is 112 cm³/mol. The lowest BCUT2D eigenvalue weighted by Crippen LogP contribution is -2.31. The van der Waals surface area contributed by atoms with Crippen molar-refractivity contribution in [1.82, 2.24) is 14.5 Å². The van der Waals surface area contributed by atoms with E-state index in [1.165, 1.54) is 22.9 Å². The molecule has 0 unspecified atom stereocenters.